The van der Waals surface area contributed by atoms with Crippen LogP contribution in [0.1, 0.15) is 18.1 Å². The van der Waals surface area contributed by atoms with Gasteiger partial charge in [0.05, 0.1) is 20.3 Å². The zero-order valence-electron chi connectivity index (χ0n) is 19.7. The summed E-state index contributed by atoms with van der Waals surface area (Å²) in [4.78, 5) is 12.9. The predicted octanol–water partition coefficient (Wildman–Crippen LogP) is 4.27. The van der Waals surface area contributed by atoms with Gasteiger partial charge in [-0.25, -0.2) is 8.42 Å². The molecule has 0 fully saturated rings. The molecule has 0 bridgehead atoms. The van der Waals surface area contributed by atoms with Crippen LogP contribution in [-0.4, -0.2) is 45.4 Å². The van der Waals surface area contributed by atoms with Gasteiger partial charge in [-0.2, -0.15) is 4.31 Å². The van der Waals surface area contributed by atoms with Gasteiger partial charge >= 0.3 is 0 Å². The molecule has 0 saturated heterocycles. The average Bonchev–Trinajstić information content (AvgIpc) is 2.83. The second-order valence-corrected chi connectivity index (χ2v) is 9.64. The van der Waals surface area contributed by atoms with E-state index in [1.807, 2.05) is 44.2 Å². The fraction of sp³-hybridized carbons (Fsp3) is 0.269. The summed E-state index contributed by atoms with van der Waals surface area (Å²) in [6.07, 6.45) is 0.463. The first-order valence-electron chi connectivity index (χ1n) is 11.0. The van der Waals surface area contributed by atoms with E-state index in [1.165, 1.54) is 11.4 Å². The van der Waals surface area contributed by atoms with Gasteiger partial charge in [-0.05, 0) is 67.8 Å². The minimum absolute atomic E-state index is 0.0388. The van der Waals surface area contributed by atoms with Crippen molar-refractivity contribution >= 4 is 21.6 Å². The van der Waals surface area contributed by atoms with Gasteiger partial charge in [0.25, 0.3) is 0 Å². The van der Waals surface area contributed by atoms with Crippen molar-refractivity contribution in [2.24, 2.45) is 0 Å². The average molecular weight is 483 g/mol. The van der Waals surface area contributed by atoms with E-state index in [1.54, 1.807) is 42.5 Å². The number of hydrogen-bond donors (Lipinski definition) is 1. The van der Waals surface area contributed by atoms with Gasteiger partial charge in [0.15, 0.2) is 0 Å². The fourth-order valence-electron chi connectivity index (χ4n) is 3.47. The number of sulfonamides is 1. The van der Waals surface area contributed by atoms with Crippen molar-refractivity contribution in [2.45, 2.75) is 25.2 Å². The van der Waals surface area contributed by atoms with Crippen LogP contribution in [-0.2, 0) is 21.2 Å². The molecule has 34 heavy (non-hydrogen) atoms. The largest absolute Gasteiger partial charge is 0.495 e. The molecule has 1 amide bonds. The second kappa shape index (κ2) is 11.7. The van der Waals surface area contributed by atoms with Gasteiger partial charge in [0.2, 0.25) is 15.9 Å². The Kier molecular flexibility index (Phi) is 8.67. The lowest BCUT2D eigenvalue weighted by atomic mass is 10.1. The van der Waals surface area contributed by atoms with E-state index < -0.39 is 15.9 Å². The minimum atomic E-state index is -4.01. The fourth-order valence-corrected chi connectivity index (χ4v) is 5.11. The van der Waals surface area contributed by atoms with Crippen LogP contribution in [0.2, 0.25) is 0 Å². The second-order valence-electron chi connectivity index (χ2n) is 7.73. The molecule has 0 aliphatic heterocycles. The molecule has 180 valence electrons. The maximum Gasteiger partial charge on any atom is 0.247 e. The number of methoxy groups -OCH3 is 1. The molecule has 7 nitrogen and oxygen atoms in total. The number of aryl methyl sites for hydroxylation is 1. The Bertz CT molecular complexity index is 1200. The number of nitrogens with one attached hydrogen (secondary N) is 1. The summed E-state index contributed by atoms with van der Waals surface area (Å²) in [7, 11) is -2.58. The Labute approximate surface area is 201 Å². The summed E-state index contributed by atoms with van der Waals surface area (Å²) in [6, 6.07) is 21.5. The maximum atomic E-state index is 13.6. The van der Waals surface area contributed by atoms with Crippen molar-refractivity contribution in [2.75, 3.05) is 32.1 Å². The molecule has 0 heterocycles. The summed E-state index contributed by atoms with van der Waals surface area (Å²) in [6.45, 7) is 4.05. The lowest BCUT2D eigenvalue weighted by Gasteiger charge is -2.23. The first kappa shape index (κ1) is 25.3. The van der Waals surface area contributed by atoms with Gasteiger partial charge < -0.3 is 14.8 Å². The summed E-state index contributed by atoms with van der Waals surface area (Å²) < 4.78 is 39.2. The normalized spacial score (nSPS) is 11.3. The molecule has 3 aromatic carbocycles. The highest BCUT2D eigenvalue weighted by Gasteiger charge is 2.29. The molecule has 3 rings (SSSR count). The van der Waals surface area contributed by atoms with Crippen molar-refractivity contribution in [3.63, 3.8) is 0 Å². The third-order valence-corrected chi connectivity index (χ3v) is 7.07. The zero-order chi connectivity index (χ0) is 24.6. The van der Waals surface area contributed by atoms with E-state index >= 15 is 0 Å². The van der Waals surface area contributed by atoms with Gasteiger partial charge in [-0.1, -0.05) is 36.4 Å². The number of ether oxygens (including phenoxy) is 2. The maximum absolute atomic E-state index is 13.6. The van der Waals surface area contributed by atoms with E-state index in [0.717, 1.165) is 11.1 Å². The molecule has 3 aromatic rings. The smallest absolute Gasteiger partial charge is 0.247 e. The highest BCUT2D eigenvalue weighted by molar-refractivity contribution is 7.89. The Morgan fingerprint density at radius 1 is 1.00 bits per heavy atom. The van der Waals surface area contributed by atoms with Crippen molar-refractivity contribution in [3.05, 3.63) is 83.9 Å². The van der Waals surface area contributed by atoms with E-state index in [2.05, 4.69) is 5.32 Å². The Balaban J connectivity index is 1.84. The van der Waals surface area contributed by atoms with Gasteiger partial charge in [0, 0.05) is 12.2 Å². The molecule has 0 aliphatic rings. The molecule has 1 N–H and O–H groups in total. The summed E-state index contributed by atoms with van der Waals surface area (Å²) in [5, 5.41) is 2.77. The standard InChI is InChI=1S/C26H30N2O5S/c1-4-33-23-13-11-22(12-14-23)27-26(29)19-28(17-16-21-8-6-5-7-9-21)34(30,31)25-18-20(2)10-15-24(25)32-3/h5-15,18H,4,16-17,19H2,1-3H3,(H,27,29). The van der Waals surface area contributed by atoms with Crippen LogP contribution in [0.5, 0.6) is 11.5 Å². The van der Waals surface area contributed by atoms with Crippen LogP contribution in [0.4, 0.5) is 5.69 Å². The number of rotatable bonds is 11. The van der Waals surface area contributed by atoms with E-state index in [9.17, 15) is 13.2 Å². The number of carbonyl (C=O) groups is 1. The third-order valence-electron chi connectivity index (χ3n) is 5.20. The monoisotopic (exact) mass is 482 g/mol. The number of benzene rings is 3. The summed E-state index contributed by atoms with van der Waals surface area (Å²) in [5.41, 5.74) is 2.31. The van der Waals surface area contributed by atoms with E-state index in [0.29, 0.717) is 24.5 Å². The van der Waals surface area contributed by atoms with Crippen LogP contribution in [0, 0.1) is 6.92 Å². The molecule has 0 radical (unpaired) electrons. The lowest BCUT2D eigenvalue weighted by molar-refractivity contribution is -0.116. The van der Waals surface area contributed by atoms with Crippen molar-refractivity contribution in [3.8, 4) is 11.5 Å². The van der Waals surface area contributed by atoms with Crippen LogP contribution >= 0.6 is 0 Å². The number of hydrogen-bond acceptors (Lipinski definition) is 5. The van der Waals surface area contributed by atoms with Gasteiger partial charge in [-0.15, -0.1) is 0 Å². The SMILES string of the molecule is CCOc1ccc(NC(=O)CN(CCc2ccccc2)S(=O)(=O)c2cc(C)ccc2OC)cc1. The first-order chi connectivity index (χ1) is 16.3. The van der Waals surface area contributed by atoms with Gasteiger partial charge in [-0.3, -0.25) is 4.79 Å². The van der Waals surface area contributed by atoms with Gasteiger partial charge in [0.1, 0.15) is 16.4 Å². The topological polar surface area (TPSA) is 84.9 Å². The number of amides is 1. The summed E-state index contributed by atoms with van der Waals surface area (Å²) in [5.74, 6) is 0.494. The Hall–Kier alpha value is -3.36. The molecule has 8 heteroatoms. The van der Waals surface area contributed by atoms with Crippen molar-refractivity contribution < 1.29 is 22.7 Å². The third kappa shape index (κ3) is 6.59. The Morgan fingerprint density at radius 2 is 1.71 bits per heavy atom. The van der Waals surface area contributed by atoms with Crippen molar-refractivity contribution in [1.29, 1.82) is 0 Å². The number of anilines is 1. The molecule has 0 saturated carbocycles. The quantitative estimate of drug-likeness (QED) is 0.441. The number of carbonyl (C=O) groups excluding carboxylic acids is 1. The zero-order valence-corrected chi connectivity index (χ0v) is 20.5. The Morgan fingerprint density at radius 3 is 2.35 bits per heavy atom. The molecule has 0 aromatic heterocycles. The lowest BCUT2D eigenvalue weighted by Crippen LogP contribution is -2.39. The number of nitrogens with zero attached hydrogens (tertiary/aromatic N) is 1. The van der Waals surface area contributed by atoms with E-state index in [-0.39, 0.29) is 23.7 Å². The highest BCUT2D eigenvalue weighted by Crippen LogP contribution is 2.28. The summed E-state index contributed by atoms with van der Waals surface area (Å²) >= 11 is 0. The molecule has 0 spiro atoms. The first-order valence-corrected chi connectivity index (χ1v) is 12.5. The van der Waals surface area contributed by atoms with E-state index in [4.69, 9.17) is 9.47 Å². The van der Waals surface area contributed by atoms with Crippen LogP contribution in [0.3, 0.4) is 0 Å². The van der Waals surface area contributed by atoms with Crippen molar-refractivity contribution in [1.82, 2.24) is 4.31 Å². The molecule has 0 aliphatic carbocycles. The molecule has 0 unspecified atom stereocenters. The minimum Gasteiger partial charge on any atom is -0.495 e. The molecular formula is C26H30N2O5S. The van der Waals surface area contributed by atoms with Crippen LogP contribution < -0.4 is 14.8 Å². The predicted molar refractivity (Wildman–Crippen MR) is 133 cm³/mol. The molecule has 0 atom stereocenters. The van der Waals surface area contributed by atoms with Crippen LogP contribution in [0.25, 0.3) is 0 Å². The highest BCUT2D eigenvalue weighted by atomic mass is 32.2. The molecular weight excluding hydrogens is 452 g/mol. The van der Waals surface area contributed by atoms with Crippen LogP contribution in [0.15, 0.2) is 77.7 Å².